The van der Waals surface area contributed by atoms with Crippen LogP contribution in [0.1, 0.15) is 47.5 Å². The number of ether oxygens (including phenoxy) is 1. The minimum Gasteiger partial charge on any atom is -0.487 e. The lowest BCUT2D eigenvalue weighted by Crippen LogP contribution is -2.52. The van der Waals surface area contributed by atoms with Crippen LogP contribution in [0.25, 0.3) is 0 Å². The minimum absolute atomic E-state index is 0.103. The number of nitrogens with zero attached hydrogens (tertiary/aromatic N) is 2. The molecule has 0 radical (unpaired) electrons. The summed E-state index contributed by atoms with van der Waals surface area (Å²) in [5.41, 5.74) is 1.60. The van der Waals surface area contributed by atoms with Crippen LogP contribution in [0, 0.1) is 0 Å². The second kappa shape index (κ2) is 7.59. The predicted molar refractivity (Wildman–Crippen MR) is 110 cm³/mol. The molecular formula is C22H26N2O3S. The molecule has 6 heteroatoms. The van der Waals surface area contributed by atoms with Gasteiger partial charge in [-0.05, 0) is 29.5 Å². The lowest BCUT2D eigenvalue weighted by atomic mass is 9.76. The van der Waals surface area contributed by atoms with E-state index in [4.69, 9.17) is 4.74 Å². The van der Waals surface area contributed by atoms with E-state index in [-0.39, 0.29) is 23.3 Å². The van der Waals surface area contributed by atoms with Crippen molar-refractivity contribution < 1.29 is 14.3 Å². The number of rotatable bonds is 3. The summed E-state index contributed by atoms with van der Waals surface area (Å²) in [6.45, 7) is 1.37. The van der Waals surface area contributed by atoms with Gasteiger partial charge in [-0.1, -0.05) is 18.2 Å². The van der Waals surface area contributed by atoms with E-state index in [1.807, 2.05) is 39.9 Å². The topological polar surface area (TPSA) is 49.9 Å². The van der Waals surface area contributed by atoms with Crippen LogP contribution in [0.3, 0.4) is 0 Å². The Morgan fingerprint density at radius 3 is 2.64 bits per heavy atom. The van der Waals surface area contributed by atoms with Gasteiger partial charge in [-0.25, -0.2) is 0 Å². The number of para-hydroxylation sites is 1. The molecule has 2 amide bonds. The summed E-state index contributed by atoms with van der Waals surface area (Å²) >= 11 is 1.55. The van der Waals surface area contributed by atoms with E-state index >= 15 is 0 Å². The molecule has 4 rings (SSSR count). The maximum absolute atomic E-state index is 12.7. The monoisotopic (exact) mass is 398 g/mol. The highest BCUT2D eigenvalue weighted by atomic mass is 32.1. The minimum atomic E-state index is -0.295. The zero-order valence-corrected chi connectivity index (χ0v) is 17.2. The summed E-state index contributed by atoms with van der Waals surface area (Å²) in [4.78, 5) is 28.6. The molecule has 148 valence electrons. The molecule has 0 bridgehead atoms. The molecule has 0 saturated carbocycles. The SMILES string of the molecule is CN(C)C(=O)C[C@H]1CC2(CCN(C(=O)c3ccsc3)CC2)Oc2ccccc21. The number of amides is 2. The summed E-state index contributed by atoms with van der Waals surface area (Å²) in [6.07, 6.45) is 2.91. The molecule has 28 heavy (non-hydrogen) atoms. The second-order valence-electron chi connectivity index (χ2n) is 8.02. The summed E-state index contributed by atoms with van der Waals surface area (Å²) < 4.78 is 6.49. The van der Waals surface area contributed by atoms with Gasteiger partial charge in [-0.2, -0.15) is 11.3 Å². The van der Waals surface area contributed by atoms with Crippen molar-refractivity contribution in [1.29, 1.82) is 0 Å². The normalized spacial score (nSPS) is 20.4. The molecule has 0 aliphatic carbocycles. The molecule has 2 aliphatic rings. The first-order chi connectivity index (χ1) is 13.5. The number of benzene rings is 1. The lowest BCUT2D eigenvalue weighted by Gasteiger charge is -2.47. The van der Waals surface area contributed by atoms with Gasteiger partial charge in [-0.3, -0.25) is 9.59 Å². The van der Waals surface area contributed by atoms with Gasteiger partial charge in [0.25, 0.3) is 5.91 Å². The Balaban J connectivity index is 1.51. The average molecular weight is 399 g/mol. The number of thiophene rings is 1. The number of likely N-dealkylation sites (tertiary alicyclic amines) is 1. The highest BCUT2D eigenvalue weighted by Crippen LogP contribution is 2.46. The third-order valence-electron chi connectivity index (χ3n) is 5.95. The van der Waals surface area contributed by atoms with E-state index in [0.29, 0.717) is 19.5 Å². The Bertz CT molecular complexity index is 854. The molecule has 2 aromatic rings. The van der Waals surface area contributed by atoms with E-state index in [1.165, 1.54) is 0 Å². The number of carbonyl (C=O) groups excluding carboxylic acids is 2. The van der Waals surface area contributed by atoms with Crippen molar-refractivity contribution in [1.82, 2.24) is 9.80 Å². The molecule has 0 N–H and O–H groups in total. The Hall–Kier alpha value is -2.34. The molecule has 0 unspecified atom stereocenters. The average Bonchev–Trinajstić information content (AvgIpc) is 3.23. The summed E-state index contributed by atoms with van der Waals surface area (Å²) in [6, 6.07) is 9.96. The van der Waals surface area contributed by atoms with Crippen molar-refractivity contribution in [3.8, 4) is 5.75 Å². The van der Waals surface area contributed by atoms with Gasteiger partial charge in [0.2, 0.25) is 5.91 Å². The first-order valence-electron chi connectivity index (χ1n) is 9.77. The van der Waals surface area contributed by atoms with Crippen molar-refractivity contribution in [2.75, 3.05) is 27.2 Å². The molecule has 1 atom stereocenters. The fourth-order valence-corrected chi connectivity index (χ4v) is 4.94. The maximum Gasteiger partial charge on any atom is 0.254 e. The number of fused-ring (bicyclic) bond motifs is 1. The number of hydrogen-bond donors (Lipinski definition) is 0. The highest BCUT2D eigenvalue weighted by Gasteiger charge is 2.44. The second-order valence-corrected chi connectivity index (χ2v) is 8.80. The Morgan fingerprint density at radius 1 is 1.21 bits per heavy atom. The van der Waals surface area contributed by atoms with Gasteiger partial charge in [0.1, 0.15) is 11.4 Å². The first kappa shape index (κ1) is 19.0. The molecule has 1 fully saturated rings. The van der Waals surface area contributed by atoms with Gasteiger partial charge in [0.15, 0.2) is 0 Å². The molecule has 1 aromatic carbocycles. The van der Waals surface area contributed by atoms with Crippen LogP contribution in [0.2, 0.25) is 0 Å². The first-order valence-corrected chi connectivity index (χ1v) is 10.7. The van der Waals surface area contributed by atoms with E-state index < -0.39 is 0 Å². The Labute approximate surface area is 169 Å². The van der Waals surface area contributed by atoms with Crippen LogP contribution >= 0.6 is 11.3 Å². The van der Waals surface area contributed by atoms with Gasteiger partial charge in [-0.15, -0.1) is 0 Å². The van der Waals surface area contributed by atoms with E-state index in [9.17, 15) is 9.59 Å². The fourth-order valence-electron chi connectivity index (χ4n) is 4.31. The number of hydrogen-bond acceptors (Lipinski definition) is 4. The van der Waals surface area contributed by atoms with Crippen LogP contribution in [0.15, 0.2) is 41.1 Å². The summed E-state index contributed by atoms with van der Waals surface area (Å²) in [5, 5.41) is 3.84. The van der Waals surface area contributed by atoms with Crippen LogP contribution < -0.4 is 4.74 Å². The van der Waals surface area contributed by atoms with Gasteiger partial charge < -0.3 is 14.5 Å². The van der Waals surface area contributed by atoms with Crippen LogP contribution in [-0.2, 0) is 4.79 Å². The fraction of sp³-hybridized carbons (Fsp3) is 0.455. The van der Waals surface area contributed by atoms with E-state index in [0.717, 1.165) is 36.1 Å². The quantitative estimate of drug-likeness (QED) is 0.791. The zero-order chi connectivity index (χ0) is 19.7. The highest BCUT2D eigenvalue weighted by molar-refractivity contribution is 7.08. The van der Waals surface area contributed by atoms with Gasteiger partial charge >= 0.3 is 0 Å². The Morgan fingerprint density at radius 2 is 1.96 bits per heavy atom. The zero-order valence-electron chi connectivity index (χ0n) is 16.4. The van der Waals surface area contributed by atoms with Crippen LogP contribution in [-0.4, -0.2) is 54.4 Å². The Kier molecular flexibility index (Phi) is 5.15. The standard InChI is InChI=1S/C22H26N2O3S/c1-23(2)20(25)13-17-14-22(27-19-6-4-3-5-18(17)19)8-10-24(11-9-22)21(26)16-7-12-28-15-16/h3-7,12,15,17H,8-11,13-14H2,1-2H3/t17-/m0/s1. The van der Waals surface area contributed by atoms with E-state index in [1.54, 1.807) is 30.3 Å². The number of carbonyl (C=O) groups is 2. The van der Waals surface area contributed by atoms with Gasteiger partial charge in [0, 0.05) is 57.7 Å². The van der Waals surface area contributed by atoms with E-state index in [2.05, 4.69) is 6.07 Å². The van der Waals surface area contributed by atoms with Crippen LogP contribution in [0.5, 0.6) is 5.75 Å². The number of piperidine rings is 1. The molecule has 5 nitrogen and oxygen atoms in total. The van der Waals surface area contributed by atoms with Crippen molar-refractivity contribution in [3.05, 3.63) is 52.2 Å². The maximum atomic E-state index is 12.7. The molecule has 2 aliphatic heterocycles. The van der Waals surface area contributed by atoms with Crippen LogP contribution in [0.4, 0.5) is 0 Å². The van der Waals surface area contributed by atoms with Crippen molar-refractivity contribution in [2.45, 2.75) is 37.2 Å². The molecule has 1 spiro atoms. The molecule has 1 aromatic heterocycles. The largest absolute Gasteiger partial charge is 0.487 e. The van der Waals surface area contributed by atoms with Crippen molar-refractivity contribution >= 4 is 23.2 Å². The van der Waals surface area contributed by atoms with Crippen molar-refractivity contribution in [3.63, 3.8) is 0 Å². The smallest absolute Gasteiger partial charge is 0.254 e. The molecular weight excluding hydrogens is 372 g/mol. The summed E-state index contributed by atoms with van der Waals surface area (Å²) in [7, 11) is 3.61. The third kappa shape index (κ3) is 3.65. The lowest BCUT2D eigenvalue weighted by molar-refractivity contribution is -0.129. The molecule has 1 saturated heterocycles. The summed E-state index contributed by atoms with van der Waals surface area (Å²) in [5.74, 6) is 1.29. The predicted octanol–water partition coefficient (Wildman–Crippen LogP) is 3.77. The van der Waals surface area contributed by atoms with Crippen molar-refractivity contribution in [2.24, 2.45) is 0 Å². The third-order valence-corrected chi connectivity index (χ3v) is 6.64. The molecule has 3 heterocycles. The van der Waals surface area contributed by atoms with Gasteiger partial charge in [0.05, 0.1) is 5.56 Å².